The van der Waals surface area contributed by atoms with Crippen LogP contribution in [-0.4, -0.2) is 39.1 Å². The molecule has 9 heteroatoms. The van der Waals surface area contributed by atoms with E-state index in [0.29, 0.717) is 45.2 Å². The van der Waals surface area contributed by atoms with E-state index in [0.717, 1.165) is 48.2 Å². The minimum atomic E-state index is -0.519. The number of amides is 2. The third kappa shape index (κ3) is 4.43. The molecule has 7 rings (SSSR count). The van der Waals surface area contributed by atoms with Gasteiger partial charge in [0.2, 0.25) is 0 Å². The first-order valence-corrected chi connectivity index (χ1v) is 13.8. The Bertz CT molecular complexity index is 1830. The lowest BCUT2D eigenvalue weighted by Gasteiger charge is -2.15. The average Bonchev–Trinajstić information content (AvgIpc) is 3.90. The van der Waals surface area contributed by atoms with Crippen LogP contribution in [0.15, 0.2) is 65.1 Å². The molecule has 5 aromatic rings. The second kappa shape index (κ2) is 9.33. The van der Waals surface area contributed by atoms with Crippen molar-refractivity contribution >= 4 is 22.8 Å². The number of carbonyl (C=O) groups is 2. The number of fused-ring (bicyclic) bond motifs is 1. The van der Waals surface area contributed by atoms with E-state index in [1.165, 1.54) is 0 Å². The number of aromatic nitrogens is 3. The van der Waals surface area contributed by atoms with Gasteiger partial charge in [0.1, 0.15) is 28.5 Å². The maximum Gasteiger partial charge on any atom is 0.255 e. The van der Waals surface area contributed by atoms with E-state index in [1.54, 1.807) is 31.3 Å². The van der Waals surface area contributed by atoms with Crippen molar-refractivity contribution in [3.05, 3.63) is 89.0 Å². The number of aromatic amines is 1. The summed E-state index contributed by atoms with van der Waals surface area (Å²) in [6.45, 7) is 1.99. The fourth-order valence-electron chi connectivity index (χ4n) is 5.35. The molecule has 4 N–H and O–H groups in total. The van der Waals surface area contributed by atoms with Crippen molar-refractivity contribution in [2.24, 2.45) is 0 Å². The average molecular weight is 548 g/mol. The van der Waals surface area contributed by atoms with E-state index >= 15 is 0 Å². The van der Waals surface area contributed by atoms with Gasteiger partial charge in [-0.1, -0.05) is 12.1 Å². The smallest absolute Gasteiger partial charge is 0.255 e. The van der Waals surface area contributed by atoms with E-state index < -0.39 is 5.54 Å². The van der Waals surface area contributed by atoms with Crippen molar-refractivity contribution in [2.75, 3.05) is 7.05 Å². The summed E-state index contributed by atoms with van der Waals surface area (Å²) in [6, 6.07) is 17.9. The highest BCUT2D eigenvalue weighted by molar-refractivity contribution is 6.12. The summed E-state index contributed by atoms with van der Waals surface area (Å²) in [5, 5.41) is 23.8. The summed E-state index contributed by atoms with van der Waals surface area (Å²) in [7, 11) is 1.58. The molecule has 0 saturated heterocycles. The summed E-state index contributed by atoms with van der Waals surface area (Å²) in [4.78, 5) is 31.1. The molecule has 2 amide bonds. The predicted octanol–water partition coefficient (Wildman–Crippen LogP) is 5.56. The lowest BCUT2D eigenvalue weighted by atomic mass is 9.95. The number of benzene rings is 3. The van der Waals surface area contributed by atoms with Gasteiger partial charge in [-0.25, -0.2) is 4.98 Å². The number of nitrogens with zero attached hydrogens (tertiary/aromatic N) is 2. The Labute approximate surface area is 236 Å². The van der Waals surface area contributed by atoms with Crippen LogP contribution in [0.1, 0.15) is 69.5 Å². The van der Waals surface area contributed by atoms with Crippen LogP contribution in [0.3, 0.4) is 0 Å². The van der Waals surface area contributed by atoms with Gasteiger partial charge in [-0.05, 0) is 97.8 Å². The number of nitrogens with one attached hydrogen (secondary N) is 3. The summed E-state index contributed by atoms with van der Waals surface area (Å²) in [5.41, 5.74) is 4.41. The summed E-state index contributed by atoms with van der Waals surface area (Å²) < 4.78 is 6.13. The molecule has 2 heterocycles. The number of aryl methyl sites for hydroxylation is 1. The molecule has 2 fully saturated rings. The van der Waals surface area contributed by atoms with Crippen molar-refractivity contribution in [2.45, 2.75) is 44.1 Å². The quantitative estimate of drug-likeness (QED) is 0.211. The van der Waals surface area contributed by atoms with Gasteiger partial charge in [-0.2, -0.15) is 5.10 Å². The Kier molecular flexibility index (Phi) is 5.71. The maximum absolute atomic E-state index is 13.4. The molecule has 0 radical (unpaired) electrons. The molecule has 2 aliphatic rings. The van der Waals surface area contributed by atoms with Crippen LogP contribution in [0.2, 0.25) is 0 Å². The first kappa shape index (κ1) is 25.1. The minimum Gasteiger partial charge on any atom is -0.508 e. The zero-order chi connectivity index (χ0) is 28.3. The van der Waals surface area contributed by atoms with E-state index in [-0.39, 0.29) is 17.6 Å². The fourth-order valence-corrected chi connectivity index (χ4v) is 5.35. The highest BCUT2D eigenvalue weighted by Gasteiger charge is 2.50. The number of aromatic hydroxyl groups is 1. The number of furan rings is 1. The lowest BCUT2D eigenvalue weighted by molar-refractivity contribution is 0.0927. The van der Waals surface area contributed by atoms with Gasteiger partial charge in [0.05, 0.1) is 5.56 Å². The lowest BCUT2D eigenvalue weighted by Crippen LogP contribution is -2.35. The van der Waals surface area contributed by atoms with Crippen LogP contribution >= 0.6 is 0 Å². The SMILES string of the molecule is CNC(=O)c1c(-c2ccc(O)cc2)oc2ccc(-c3cc(C(=O)NC4(c5n[nH]c(C6CC6)n5)CC4)ccc3C)cc12. The number of hydrogen-bond acceptors (Lipinski definition) is 6. The normalized spacial score (nSPS) is 15.6. The Hall–Kier alpha value is -4.92. The Balaban J connectivity index is 1.23. The molecular weight excluding hydrogens is 518 g/mol. The number of carbonyl (C=O) groups excluding carboxylic acids is 2. The first-order chi connectivity index (χ1) is 19.8. The van der Waals surface area contributed by atoms with E-state index in [4.69, 9.17) is 4.42 Å². The van der Waals surface area contributed by atoms with Crippen molar-refractivity contribution in [3.63, 3.8) is 0 Å². The molecule has 3 aromatic carbocycles. The summed E-state index contributed by atoms with van der Waals surface area (Å²) >= 11 is 0. The zero-order valence-electron chi connectivity index (χ0n) is 22.7. The van der Waals surface area contributed by atoms with Crippen LogP contribution in [0.25, 0.3) is 33.4 Å². The molecule has 0 bridgehead atoms. The summed E-state index contributed by atoms with van der Waals surface area (Å²) in [6.07, 6.45) is 3.88. The van der Waals surface area contributed by atoms with E-state index in [9.17, 15) is 14.7 Å². The minimum absolute atomic E-state index is 0.129. The molecule has 0 unspecified atom stereocenters. The van der Waals surface area contributed by atoms with Crippen molar-refractivity contribution in [1.82, 2.24) is 25.8 Å². The molecule has 0 atom stereocenters. The van der Waals surface area contributed by atoms with Crippen LogP contribution in [0.4, 0.5) is 0 Å². The number of rotatable bonds is 7. The second-order valence-electron chi connectivity index (χ2n) is 11.0. The topological polar surface area (TPSA) is 133 Å². The molecule has 0 aliphatic heterocycles. The third-order valence-corrected chi connectivity index (χ3v) is 8.08. The molecule has 206 valence electrons. The van der Waals surface area contributed by atoms with Gasteiger partial charge in [-0.3, -0.25) is 14.7 Å². The van der Waals surface area contributed by atoms with Gasteiger partial charge < -0.3 is 20.2 Å². The standard InChI is InChI=1S/C32H29N5O4/c1-17-3-4-21(29(39)35-32(13-14-32)31-34-28(36-37-31)19-5-6-19)16-23(17)20-9-12-25-24(15-20)26(30(40)33-2)27(41-25)18-7-10-22(38)11-8-18/h3-4,7-12,15-16,19,38H,5-6,13-14H2,1-2H3,(H,33,40)(H,35,39)(H,34,36,37). The zero-order valence-corrected chi connectivity index (χ0v) is 22.7. The molecule has 41 heavy (non-hydrogen) atoms. The molecular formula is C32H29N5O4. The number of phenols is 1. The van der Waals surface area contributed by atoms with Gasteiger partial charge in [0.15, 0.2) is 5.82 Å². The van der Waals surface area contributed by atoms with Crippen LogP contribution in [0, 0.1) is 6.92 Å². The Morgan fingerprint density at radius 2 is 1.76 bits per heavy atom. The van der Waals surface area contributed by atoms with Gasteiger partial charge in [-0.15, -0.1) is 0 Å². The van der Waals surface area contributed by atoms with Crippen molar-refractivity contribution in [3.8, 4) is 28.2 Å². The molecule has 0 spiro atoms. The fraction of sp³-hybridized carbons (Fsp3) is 0.250. The predicted molar refractivity (Wildman–Crippen MR) is 154 cm³/mol. The van der Waals surface area contributed by atoms with Crippen LogP contribution < -0.4 is 10.6 Å². The third-order valence-electron chi connectivity index (χ3n) is 8.08. The number of hydrogen-bond donors (Lipinski definition) is 4. The molecule has 2 aliphatic carbocycles. The van der Waals surface area contributed by atoms with Gasteiger partial charge in [0.25, 0.3) is 11.8 Å². The van der Waals surface area contributed by atoms with E-state index in [1.807, 2.05) is 43.3 Å². The number of phenolic OH excluding ortho intramolecular Hbond substituents is 1. The van der Waals surface area contributed by atoms with Gasteiger partial charge >= 0.3 is 0 Å². The monoisotopic (exact) mass is 547 g/mol. The number of H-pyrrole nitrogens is 1. The van der Waals surface area contributed by atoms with Crippen LogP contribution in [0.5, 0.6) is 5.75 Å². The maximum atomic E-state index is 13.4. The molecule has 2 saturated carbocycles. The van der Waals surface area contributed by atoms with Crippen molar-refractivity contribution < 1.29 is 19.1 Å². The van der Waals surface area contributed by atoms with Gasteiger partial charge in [0, 0.05) is 29.5 Å². The molecule has 2 aromatic heterocycles. The highest BCUT2D eigenvalue weighted by Crippen LogP contribution is 2.46. The Morgan fingerprint density at radius 3 is 2.46 bits per heavy atom. The highest BCUT2D eigenvalue weighted by atomic mass is 16.3. The first-order valence-electron chi connectivity index (χ1n) is 13.8. The Morgan fingerprint density at radius 1 is 1.00 bits per heavy atom. The molecule has 9 nitrogen and oxygen atoms in total. The largest absolute Gasteiger partial charge is 0.508 e. The van der Waals surface area contributed by atoms with E-state index in [2.05, 4.69) is 25.8 Å². The summed E-state index contributed by atoms with van der Waals surface area (Å²) in [5.74, 6) is 2.15. The van der Waals surface area contributed by atoms with Crippen molar-refractivity contribution in [1.29, 1.82) is 0 Å². The van der Waals surface area contributed by atoms with Crippen LogP contribution in [-0.2, 0) is 5.54 Å². The second-order valence-corrected chi connectivity index (χ2v) is 11.0.